The molecule has 1 rings (SSSR count). The maximum Gasteiger partial charge on any atom is 0.186 e. The van der Waals surface area contributed by atoms with Crippen LogP contribution in [-0.2, 0) is 9.53 Å². The molecule has 0 amide bonds. The maximum absolute atomic E-state index is 10.6. The predicted octanol–water partition coefficient (Wildman–Crippen LogP) is 2.20. The molecule has 0 heterocycles. The lowest BCUT2D eigenvalue weighted by atomic mass is 10.3. The van der Waals surface area contributed by atoms with Crippen LogP contribution in [0.15, 0.2) is 42.3 Å². The van der Waals surface area contributed by atoms with Crippen LogP contribution in [0.3, 0.4) is 0 Å². The van der Waals surface area contributed by atoms with Crippen molar-refractivity contribution >= 4 is 12.0 Å². The Kier molecular flexibility index (Phi) is 4.41. The first-order valence-corrected chi connectivity index (χ1v) is 4.85. The van der Waals surface area contributed by atoms with Crippen molar-refractivity contribution in [2.45, 2.75) is 6.92 Å². The Morgan fingerprint density at radius 1 is 1.40 bits per heavy atom. The monoisotopic (exact) mass is 205 g/mol. The molecule has 1 aromatic carbocycles. The van der Waals surface area contributed by atoms with E-state index in [0.717, 1.165) is 5.69 Å². The van der Waals surface area contributed by atoms with Gasteiger partial charge in [0.25, 0.3) is 0 Å². The minimum Gasteiger partial charge on any atom is -0.489 e. The molecule has 0 aliphatic carbocycles. The first kappa shape index (κ1) is 11.3. The van der Waals surface area contributed by atoms with Crippen molar-refractivity contribution in [3.8, 4) is 0 Å². The fourth-order valence-corrected chi connectivity index (χ4v) is 1.20. The van der Waals surface area contributed by atoms with Crippen molar-refractivity contribution in [1.29, 1.82) is 0 Å². The van der Waals surface area contributed by atoms with Gasteiger partial charge in [-0.2, -0.15) is 0 Å². The lowest BCUT2D eigenvalue weighted by molar-refractivity contribution is -0.107. The number of hydrogen-bond donors (Lipinski definition) is 0. The third kappa shape index (κ3) is 3.46. The maximum atomic E-state index is 10.6. The van der Waals surface area contributed by atoms with Crippen molar-refractivity contribution in [3.05, 3.63) is 42.3 Å². The average Bonchev–Trinajstić information content (AvgIpc) is 2.29. The van der Waals surface area contributed by atoms with Crippen LogP contribution in [0.2, 0.25) is 0 Å². The van der Waals surface area contributed by atoms with Gasteiger partial charge in [0.15, 0.2) is 12.0 Å². The molecule has 0 N–H and O–H groups in total. The normalized spacial score (nSPS) is 10.9. The number of para-hydroxylation sites is 1. The highest BCUT2D eigenvalue weighted by atomic mass is 16.5. The molecular formula is C12H15NO2. The van der Waals surface area contributed by atoms with Gasteiger partial charge < -0.3 is 9.64 Å². The number of carbonyl (C=O) groups is 1. The van der Waals surface area contributed by atoms with Crippen molar-refractivity contribution in [2.24, 2.45) is 0 Å². The molecule has 0 aliphatic rings. The highest BCUT2D eigenvalue weighted by Gasteiger charge is 1.99. The fraction of sp³-hybridized carbons (Fsp3) is 0.250. The molecule has 0 saturated carbocycles. The summed E-state index contributed by atoms with van der Waals surface area (Å²) < 4.78 is 5.13. The zero-order valence-electron chi connectivity index (χ0n) is 9.01. The summed E-state index contributed by atoms with van der Waals surface area (Å²) in [6.45, 7) is 2.34. The molecule has 0 atom stereocenters. The molecule has 0 saturated heterocycles. The van der Waals surface area contributed by atoms with Crippen LogP contribution in [0.25, 0.3) is 0 Å². The number of aldehydes is 1. The molecule has 0 radical (unpaired) electrons. The van der Waals surface area contributed by atoms with Crippen LogP contribution >= 0.6 is 0 Å². The van der Waals surface area contributed by atoms with E-state index < -0.39 is 0 Å². The number of ether oxygens (including phenoxy) is 1. The van der Waals surface area contributed by atoms with E-state index in [1.54, 1.807) is 6.20 Å². The van der Waals surface area contributed by atoms with Crippen LogP contribution < -0.4 is 4.90 Å². The van der Waals surface area contributed by atoms with Gasteiger partial charge in [-0.25, -0.2) is 0 Å². The van der Waals surface area contributed by atoms with E-state index in [2.05, 4.69) is 0 Å². The Morgan fingerprint density at radius 3 is 2.60 bits per heavy atom. The highest BCUT2D eigenvalue weighted by molar-refractivity contribution is 5.71. The van der Waals surface area contributed by atoms with E-state index in [1.807, 2.05) is 49.2 Å². The van der Waals surface area contributed by atoms with Gasteiger partial charge >= 0.3 is 0 Å². The number of anilines is 1. The van der Waals surface area contributed by atoms with E-state index in [-0.39, 0.29) is 0 Å². The smallest absolute Gasteiger partial charge is 0.186 e. The van der Waals surface area contributed by atoms with Crippen LogP contribution in [0, 0.1) is 0 Å². The second-order valence-electron chi connectivity index (χ2n) is 3.03. The van der Waals surface area contributed by atoms with Crippen LogP contribution in [0.4, 0.5) is 5.69 Å². The zero-order valence-corrected chi connectivity index (χ0v) is 9.01. The Bertz CT molecular complexity index is 333. The Balaban J connectivity index is 2.76. The molecule has 0 unspecified atom stereocenters. The summed E-state index contributed by atoms with van der Waals surface area (Å²) in [6, 6.07) is 9.77. The van der Waals surface area contributed by atoms with Gasteiger partial charge in [0.1, 0.15) is 0 Å². The Labute approximate surface area is 90.0 Å². The van der Waals surface area contributed by atoms with Gasteiger partial charge in [-0.1, -0.05) is 18.2 Å². The largest absolute Gasteiger partial charge is 0.489 e. The number of nitrogens with zero attached hydrogens (tertiary/aromatic N) is 1. The fourth-order valence-electron chi connectivity index (χ4n) is 1.20. The summed E-state index contributed by atoms with van der Waals surface area (Å²) >= 11 is 0. The molecule has 0 fully saturated rings. The van der Waals surface area contributed by atoms with Crippen LogP contribution in [-0.4, -0.2) is 19.9 Å². The molecule has 0 aromatic heterocycles. The molecule has 0 aliphatic heterocycles. The molecule has 0 bridgehead atoms. The van der Waals surface area contributed by atoms with Crippen molar-refractivity contribution in [2.75, 3.05) is 18.6 Å². The van der Waals surface area contributed by atoms with E-state index in [4.69, 9.17) is 4.74 Å². The first-order chi connectivity index (χ1) is 7.27. The van der Waals surface area contributed by atoms with E-state index in [1.165, 1.54) is 0 Å². The van der Waals surface area contributed by atoms with E-state index >= 15 is 0 Å². The minimum atomic E-state index is 0.337. The summed E-state index contributed by atoms with van der Waals surface area (Å²) in [5.41, 5.74) is 1.01. The molecule has 80 valence electrons. The quantitative estimate of drug-likeness (QED) is 0.419. The summed E-state index contributed by atoms with van der Waals surface area (Å²) in [5.74, 6) is 0.337. The second kappa shape index (κ2) is 5.86. The van der Waals surface area contributed by atoms with Crippen molar-refractivity contribution < 1.29 is 9.53 Å². The standard InChI is InChI=1S/C12H15NO2/c1-3-15-12(10-14)9-13(2)11-7-5-4-6-8-11/h4-10H,3H2,1-2H3. The van der Waals surface area contributed by atoms with Gasteiger partial charge in [-0.05, 0) is 19.1 Å². The predicted molar refractivity (Wildman–Crippen MR) is 60.6 cm³/mol. The summed E-state index contributed by atoms with van der Waals surface area (Å²) in [6.07, 6.45) is 2.38. The van der Waals surface area contributed by atoms with Crippen LogP contribution in [0.5, 0.6) is 0 Å². The molecule has 3 nitrogen and oxygen atoms in total. The van der Waals surface area contributed by atoms with Crippen molar-refractivity contribution in [1.82, 2.24) is 0 Å². The number of carbonyl (C=O) groups excluding carboxylic acids is 1. The summed E-state index contributed by atoms with van der Waals surface area (Å²) in [7, 11) is 1.87. The molecule has 15 heavy (non-hydrogen) atoms. The molecule has 3 heteroatoms. The third-order valence-electron chi connectivity index (χ3n) is 1.91. The SMILES string of the molecule is CCOC(C=O)=CN(C)c1ccccc1. The Hall–Kier alpha value is -1.77. The lowest BCUT2D eigenvalue weighted by Crippen LogP contribution is -2.10. The second-order valence-corrected chi connectivity index (χ2v) is 3.03. The summed E-state index contributed by atoms with van der Waals surface area (Å²) in [5, 5.41) is 0. The molecule has 0 spiro atoms. The van der Waals surface area contributed by atoms with E-state index in [9.17, 15) is 4.79 Å². The molecule has 1 aromatic rings. The van der Waals surface area contributed by atoms with Gasteiger partial charge in [0.05, 0.1) is 6.61 Å². The first-order valence-electron chi connectivity index (χ1n) is 4.85. The minimum absolute atomic E-state index is 0.337. The number of hydrogen-bond acceptors (Lipinski definition) is 3. The third-order valence-corrected chi connectivity index (χ3v) is 1.91. The van der Waals surface area contributed by atoms with Crippen LogP contribution in [0.1, 0.15) is 6.92 Å². The van der Waals surface area contributed by atoms with Gasteiger partial charge in [0, 0.05) is 18.9 Å². The van der Waals surface area contributed by atoms with Crippen molar-refractivity contribution in [3.63, 3.8) is 0 Å². The van der Waals surface area contributed by atoms with Gasteiger partial charge in [-0.3, -0.25) is 4.79 Å². The lowest BCUT2D eigenvalue weighted by Gasteiger charge is -2.14. The van der Waals surface area contributed by atoms with E-state index in [0.29, 0.717) is 18.7 Å². The number of benzene rings is 1. The summed E-state index contributed by atoms with van der Waals surface area (Å²) in [4.78, 5) is 12.5. The average molecular weight is 205 g/mol. The van der Waals surface area contributed by atoms with Gasteiger partial charge in [0.2, 0.25) is 0 Å². The molecular weight excluding hydrogens is 190 g/mol. The number of rotatable bonds is 5. The highest BCUT2D eigenvalue weighted by Crippen LogP contribution is 2.12. The topological polar surface area (TPSA) is 29.5 Å². The number of allylic oxidation sites excluding steroid dienone is 1. The zero-order chi connectivity index (χ0) is 11.1. The Morgan fingerprint density at radius 2 is 2.07 bits per heavy atom. The van der Waals surface area contributed by atoms with Gasteiger partial charge in [-0.15, -0.1) is 0 Å².